The number of methoxy groups -OCH3 is 1. The fourth-order valence-electron chi connectivity index (χ4n) is 2.69. The fourth-order valence-corrected chi connectivity index (χ4v) is 2.69. The Hall–Kier alpha value is -2.95. The molecule has 0 aliphatic carbocycles. The molecule has 0 amide bonds. The van der Waals surface area contributed by atoms with Crippen molar-refractivity contribution in [2.45, 2.75) is 19.9 Å². The van der Waals surface area contributed by atoms with Crippen molar-refractivity contribution in [1.82, 2.24) is 9.78 Å². The van der Waals surface area contributed by atoms with Crippen molar-refractivity contribution in [3.05, 3.63) is 54.4 Å². The smallest absolute Gasteiger partial charge is 0.307 e. The van der Waals surface area contributed by atoms with E-state index in [0.29, 0.717) is 12.1 Å². The average molecular weight is 322 g/mol. The molecule has 0 aliphatic heterocycles. The highest BCUT2D eigenvalue weighted by Crippen LogP contribution is 2.30. The van der Waals surface area contributed by atoms with Gasteiger partial charge in [0.2, 0.25) is 0 Å². The molecule has 0 N–H and O–H groups in total. The van der Waals surface area contributed by atoms with Crippen LogP contribution in [0.4, 0.5) is 0 Å². The van der Waals surface area contributed by atoms with Gasteiger partial charge in [0.25, 0.3) is 0 Å². The number of ether oxygens (including phenoxy) is 1. The number of aryl methyl sites for hydroxylation is 1. The van der Waals surface area contributed by atoms with Crippen LogP contribution in [0.15, 0.2) is 48.8 Å². The van der Waals surface area contributed by atoms with Crippen molar-refractivity contribution in [2.75, 3.05) is 7.11 Å². The van der Waals surface area contributed by atoms with Gasteiger partial charge in [-0.3, -0.25) is 14.3 Å². The lowest BCUT2D eigenvalue weighted by Crippen LogP contribution is -2.07. The lowest BCUT2D eigenvalue weighted by Gasteiger charge is -2.07. The standard InChI is InChI=1S/C19H18N2O3/c1-13(22)15-9-14-5-3-4-6-17(14)18(10-15)16-11-20-21(12-16)8-7-19(23)24-2/h3-6,9-12H,7-8H2,1-2H3. The van der Waals surface area contributed by atoms with E-state index in [4.69, 9.17) is 0 Å². The molecule has 122 valence electrons. The molecule has 2 aromatic carbocycles. The number of hydrogen-bond donors (Lipinski definition) is 0. The van der Waals surface area contributed by atoms with Gasteiger partial charge >= 0.3 is 5.97 Å². The van der Waals surface area contributed by atoms with Gasteiger partial charge in [-0.05, 0) is 35.4 Å². The van der Waals surface area contributed by atoms with Crippen LogP contribution >= 0.6 is 0 Å². The van der Waals surface area contributed by atoms with Gasteiger partial charge < -0.3 is 4.74 Å². The van der Waals surface area contributed by atoms with Crippen molar-refractivity contribution in [3.8, 4) is 11.1 Å². The van der Waals surface area contributed by atoms with Crippen LogP contribution in [0, 0.1) is 0 Å². The summed E-state index contributed by atoms with van der Waals surface area (Å²) in [4.78, 5) is 23.1. The second kappa shape index (κ2) is 6.66. The summed E-state index contributed by atoms with van der Waals surface area (Å²) in [6.45, 7) is 2.02. The Labute approximate surface area is 139 Å². The Bertz CT molecular complexity index is 912. The van der Waals surface area contributed by atoms with Gasteiger partial charge in [0.05, 0.1) is 26.3 Å². The number of esters is 1. The Morgan fingerprint density at radius 2 is 2.00 bits per heavy atom. The Kier molecular flexibility index (Phi) is 4.42. The minimum Gasteiger partial charge on any atom is -0.469 e. The summed E-state index contributed by atoms with van der Waals surface area (Å²) in [5.41, 5.74) is 2.55. The summed E-state index contributed by atoms with van der Waals surface area (Å²) in [6, 6.07) is 11.7. The van der Waals surface area contributed by atoms with Gasteiger partial charge in [0, 0.05) is 17.3 Å². The summed E-state index contributed by atoms with van der Waals surface area (Å²) in [5, 5.41) is 6.39. The maximum absolute atomic E-state index is 11.8. The number of nitrogens with zero attached hydrogens (tertiary/aromatic N) is 2. The van der Waals surface area contributed by atoms with Crippen molar-refractivity contribution in [2.24, 2.45) is 0 Å². The van der Waals surface area contributed by atoms with Gasteiger partial charge in [-0.2, -0.15) is 5.10 Å². The van der Waals surface area contributed by atoms with Crippen LogP contribution in [0.2, 0.25) is 0 Å². The zero-order valence-electron chi connectivity index (χ0n) is 13.7. The molecule has 0 atom stereocenters. The highest BCUT2D eigenvalue weighted by Gasteiger charge is 2.11. The summed E-state index contributed by atoms with van der Waals surface area (Å²) < 4.78 is 6.36. The number of Topliss-reactive ketones (excluding diaryl/α,β-unsaturated/α-hetero) is 1. The number of benzene rings is 2. The number of aromatic nitrogens is 2. The summed E-state index contributed by atoms with van der Waals surface area (Å²) in [5.74, 6) is -0.240. The highest BCUT2D eigenvalue weighted by molar-refractivity contribution is 6.04. The number of hydrogen-bond acceptors (Lipinski definition) is 4. The first kappa shape index (κ1) is 15.9. The lowest BCUT2D eigenvalue weighted by molar-refractivity contribution is -0.140. The maximum atomic E-state index is 11.8. The van der Waals surface area contributed by atoms with E-state index >= 15 is 0 Å². The highest BCUT2D eigenvalue weighted by atomic mass is 16.5. The first-order valence-corrected chi connectivity index (χ1v) is 7.72. The third-order valence-corrected chi connectivity index (χ3v) is 3.99. The van der Waals surface area contributed by atoms with E-state index < -0.39 is 0 Å². The first-order valence-electron chi connectivity index (χ1n) is 7.72. The Morgan fingerprint density at radius 3 is 2.75 bits per heavy atom. The second-order valence-electron chi connectivity index (χ2n) is 5.62. The van der Waals surface area contributed by atoms with Crippen LogP contribution in [0.3, 0.4) is 0 Å². The molecule has 0 fully saturated rings. The van der Waals surface area contributed by atoms with Gasteiger partial charge in [-0.15, -0.1) is 0 Å². The van der Waals surface area contributed by atoms with Crippen LogP contribution in [-0.4, -0.2) is 28.6 Å². The molecule has 5 heteroatoms. The van der Waals surface area contributed by atoms with Gasteiger partial charge in [0.1, 0.15) is 0 Å². The summed E-state index contributed by atoms with van der Waals surface area (Å²) >= 11 is 0. The molecule has 0 saturated carbocycles. The largest absolute Gasteiger partial charge is 0.469 e. The molecule has 0 bridgehead atoms. The maximum Gasteiger partial charge on any atom is 0.307 e. The molecular formula is C19H18N2O3. The molecule has 1 aromatic heterocycles. The van der Waals surface area contributed by atoms with Gasteiger partial charge in [0.15, 0.2) is 5.78 Å². The first-order chi connectivity index (χ1) is 11.6. The quantitative estimate of drug-likeness (QED) is 0.533. The van der Waals surface area contributed by atoms with Crippen LogP contribution in [-0.2, 0) is 16.1 Å². The summed E-state index contributed by atoms with van der Waals surface area (Å²) in [7, 11) is 1.37. The monoisotopic (exact) mass is 322 g/mol. The SMILES string of the molecule is COC(=O)CCn1cc(-c2cc(C(C)=O)cc3ccccc23)cn1. The molecule has 5 nitrogen and oxygen atoms in total. The van der Waals surface area contributed by atoms with E-state index in [1.54, 1.807) is 17.8 Å². The normalized spacial score (nSPS) is 10.8. The topological polar surface area (TPSA) is 61.2 Å². The molecule has 3 rings (SSSR count). The van der Waals surface area contributed by atoms with Crippen LogP contribution in [0.25, 0.3) is 21.9 Å². The van der Waals surface area contributed by atoms with E-state index in [-0.39, 0.29) is 18.2 Å². The predicted octanol–water partition coefficient (Wildman–Crippen LogP) is 3.47. The van der Waals surface area contributed by atoms with Crippen molar-refractivity contribution < 1.29 is 14.3 Å². The van der Waals surface area contributed by atoms with E-state index in [0.717, 1.165) is 21.9 Å². The van der Waals surface area contributed by atoms with Crippen molar-refractivity contribution in [3.63, 3.8) is 0 Å². The third kappa shape index (κ3) is 3.20. The Morgan fingerprint density at radius 1 is 1.21 bits per heavy atom. The zero-order valence-corrected chi connectivity index (χ0v) is 13.7. The van der Waals surface area contributed by atoms with E-state index in [9.17, 15) is 9.59 Å². The number of fused-ring (bicyclic) bond motifs is 1. The molecule has 0 spiro atoms. The molecular weight excluding hydrogens is 304 g/mol. The number of carbonyl (C=O) groups excluding carboxylic acids is 2. The summed E-state index contributed by atoms with van der Waals surface area (Å²) in [6.07, 6.45) is 3.91. The lowest BCUT2D eigenvalue weighted by atomic mass is 9.96. The van der Waals surface area contributed by atoms with Crippen molar-refractivity contribution in [1.29, 1.82) is 0 Å². The second-order valence-corrected chi connectivity index (χ2v) is 5.62. The molecule has 0 unspecified atom stereocenters. The van der Waals surface area contributed by atoms with Crippen LogP contribution in [0.5, 0.6) is 0 Å². The van der Waals surface area contributed by atoms with Gasteiger partial charge in [-0.1, -0.05) is 24.3 Å². The van der Waals surface area contributed by atoms with Crippen LogP contribution in [0.1, 0.15) is 23.7 Å². The third-order valence-electron chi connectivity index (χ3n) is 3.99. The molecule has 3 aromatic rings. The van der Waals surface area contributed by atoms with Crippen LogP contribution < -0.4 is 0 Å². The zero-order chi connectivity index (χ0) is 17.1. The number of ketones is 1. The molecule has 0 saturated heterocycles. The molecule has 0 radical (unpaired) electrons. The average Bonchev–Trinajstić information content (AvgIpc) is 3.07. The van der Waals surface area contributed by atoms with Crippen molar-refractivity contribution >= 4 is 22.5 Å². The molecule has 1 heterocycles. The van der Waals surface area contributed by atoms with E-state index in [1.807, 2.05) is 42.6 Å². The van der Waals surface area contributed by atoms with E-state index in [2.05, 4.69) is 9.84 Å². The number of rotatable bonds is 5. The minimum atomic E-state index is -0.268. The molecule has 24 heavy (non-hydrogen) atoms. The van der Waals surface area contributed by atoms with E-state index in [1.165, 1.54) is 7.11 Å². The molecule has 0 aliphatic rings. The fraction of sp³-hybridized carbons (Fsp3) is 0.211. The Balaban J connectivity index is 2.01. The minimum absolute atomic E-state index is 0.0279. The number of carbonyl (C=O) groups is 2. The predicted molar refractivity (Wildman–Crippen MR) is 91.8 cm³/mol. The van der Waals surface area contributed by atoms with Gasteiger partial charge in [-0.25, -0.2) is 0 Å².